The minimum atomic E-state index is -4.22. The number of nitrogens with zero attached hydrogens (tertiary/aromatic N) is 2. The SMILES string of the molecule is Cc1ccc(S(=O)(=O)N(CC(=O)N(Cc2ccccc2Cl)C(C)C(=O)NC2CCCC2)c2ccc(Cl)c(Cl)c2)cc1. The fourth-order valence-electron chi connectivity index (χ4n) is 4.79. The molecule has 7 nitrogen and oxygen atoms in total. The van der Waals surface area contributed by atoms with Gasteiger partial charge in [0.05, 0.1) is 20.6 Å². The molecule has 41 heavy (non-hydrogen) atoms. The van der Waals surface area contributed by atoms with Crippen LogP contribution in [0.3, 0.4) is 0 Å². The van der Waals surface area contributed by atoms with Gasteiger partial charge in [0.25, 0.3) is 10.0 Å². The molecule has 0 bridgehead atoms. The van der Waals surface area contributed by atoms with Crippen molar-refractivity contribution >= 4 is 62.3 Å². The molecule has 0 heterocycles. The largest absolute Gasteiger partial charge is 0.352 e. The van der Waals surface area contributed by atoms with Crippen molar-refractivity contribution in [2.24, 2.45) is 0 Å². The number of carbonyl (C=O) groups excluding carboxylic acids is 2. The third-order valence-electron chi connectivity index (χ3n) is 7.25. The van der Waals surface area contributed by atoms with Gasteiger partial charge in [0.2, 0.25) is 11.8 Å². The number of amides is 2. The van der Waals surface area contributed by atoms with Crippen LogP contribution in [0.25, 0.3) is 0 Å². The van der Waals surface area contributed by atoms with Gasteiger partial charge in [-0.1, -0.05) is 83.5 Å². The zero-order chi connectivity index (χ0) is 29.7. The van der Waals surface area contributed by atoms with Crippen molar-refractivity contribution in [2.45, 2.75) is 63.1 Å². The molecule has 1 N–H and O–H groups in total. The molecule has 3 aromatic rings. The van der Waals surface area contributed by atoms with Crippen molar-refractivity contribution in [3.63, 3.8) is 0 Å². The van der Waals surface area contributed by atoms with Gasteiger partial charge in [0.15, 0.2) is 0 Å². The zero-order valence-electron chi connectivity index (χ0n) is 22.8. The van der Waals surface area contributed by atoms with Crippen LogP contribution in [0.5, 0.6) is 0 Å². The standard InChI is InChI=1S/C30H32Cl3N3O4S/c1-20-11-14-25(15-12-20)41(39,40)36(24-13-16-27(32)28(33)17-24)19-29(37)35(18-22-7-3-6-10-26(22)31)21(2)30(38)34-23-8-4-5-9-23/h3,6-7,10-17,21,23H,4-5,8-9,18-19H2,1-2H3,(H,34,38). The molecule has 0 radical (unpaired) electrons. The van der Waals surface area contributed by atoms with Crippen LogP contribution in [0.1, 0.15) is 43.7 Å². The summed E-state index contributed by atoms with van der Waals surface area (Å²) in [5.74, 6) is -0.888. The van der Waals surface area contributed by atoms with Gasteiger partial charge in [0.1, 0.15) is 12.6 Å². The molecule has 1 saturated carbocycles. The van der Waals surface area contributed by atoms with E-state index >= 15 is 0 Å². The van der Waals surface area contributed by atoms with Crippen molar-refractivity contribution in [1.29, 1.82) is 0 Å². The van der Waals surface area contributed by atoms with Crippen molar-refractivity contribution in [1.82, 2.24) is 10.2 Å². The average Bonchev–Trinajstić information content (AvgIpc) is 3.45. The Balaban J connectivity index is 1.71. The van der Waals surface area contributed by atoms with E-state index in [2.05, 4.69) is 5.32 Å². The summed E-state index contributed by atoms with van der Waals surface area (Å²) in [6.07, 6.45) is 3.85. The molecule has 1 aliphatic carbocycles. The number of anilines is 1. The van der Waals surface area contributed by atoms with Crippen molar-refractivity contribution in [2.75, 3.05) is 10.8 Å². The molecule has 11 heteroatoms. The highest BCUT2D eigenvalue weighted by atomic mass is 35.5. The van der Waals surface area contributed by atoms with Gasteiger partial charge < -0.3 is 10.2 Å². The summed E-state index contributed by atoms with van der Waals surface area (Å²) >= 11 is 18.8. The molecule has 3 aromatic carbocycles. The first-order chi connectivity index (χ1) is 19.5. The maximum absolute atomic E-state index is 14.0. The van der Waals surface area contributed by atoms with Gasteiger partial charge in [-0.15, -0.1) is 0 Å². The molecule has 1 fully saturated rings. The van der Waals surface area contributed by atoms with E-state index in [1.165, 1.54) is 35.2 Å². The predicted molar refractivity (Wildman–Crippen MR) is 164 cm³/mol. The summed E-state index contributed by atoms with van der Waals surface area (Å²) in [5, 5.41) is 3.86. The monoisotopic (exact) mass is 635 g/mol. The summed E-state index contributed by atoms with van der Waals surface area (Å²) in [6.45, 7) is 2.91. The molecular formula is C30H32Cl3N3O4S. The number of nitrogens with one attached hydrogen (secondary N) is 1. The van der Waals surface area contributed by atoms with Crippen molar-refractivity contribution in [3.05, 3.63) is 92.9 Å². The highest BCUT2D eigenvalue weighted by Gasteiger charge is 2.33. The van der Waals surface area contributed by atoms with Gasteiger partial charge in [-0.05, 0) is 68.7 Å². The van der Waals surface area contributed by atoms with Crippen molar-refractivity contribution < 1.29 is 18.0 Å². The number of rotatable bonds is 10. The fourth-order valence-corrected chi connectivity index (χ4v) is 6.68. The number of aryl methyl sites for hydroxylation is 1. The van der Waals surface area contributed by atoms with Crippen molar-refractivity contribution in [3.8, 4) is 0 Å². The number of benzene rings is 3. The average molecular weight is 637 g/mol. The van der Waals surface area contributed by atoms with Gasteiger partial charge in [-0.25, -0.2) is 8.42 Å². The van der Waals surface area contributed by atoms with Crippen LogP contribution in [0, 0.1) is 6.92 Å². The molecule has 0 aliphatic heterocycles. The molecule has 0 aromatic heterocycles. The van der Waals surface area contributed by atoms with Gasteiger partial charge in [-0.3, -0.25) is 13.9 Å². The Morgan fingerprint density at radius 3 is 2.22 bits per heavy atom. The molecule has 1 aliphatic rings. The van der Waals surface area contributed by atoms with Crippen LogP contribution in [0.15, 0.2) is 71.6 Å². The summed E-state index contributed by atoms with van der Waals surface area (Å²) in [5.41, 5.74) is 1.67. The molecule has 2 amide bonds. The lowest BCUT2D eigenvalue weighted by atomic mass is 10.1. The highest BCUT2D eigenvalue weighted by Crippen LogP contribution is 2.31. The molecule has 0 saturated heterocycles. The Morgan fingerprint density at radius 1 is 0.927 bits per heavy atom. The third-order valence-corrected chi connectivity index (χ3v) is 10.1. The number of sulfonamides is 1. The minimum Gasteiger partial charge on any atom is -0.352 e. The second kappa shape index (κ2) is 13.5. The predicted octanol–water partition coefficient (Wildman–Crippen LogP) is 6.63. The van der Waals surface area contributed by atoms with Crippen LogP contribution >= 0.6 is 34.8 Å². The smallest absolute Gasteiger partial charge is 0.264 e. The quantitative estimate of drug-likeness (QED) is 0.271. The number of carbonyl (C=O) groups is 2. The maximum Gasteiger partial charge on any atom is 0.264 e. The summed E-state index contributed by atoms with van der Waals surface area (Å²) in [6, 6.07) is 16.9. The second-order valence-electron chi connectivity index (χ2n) is 10.2. The first-order valence-corrected chi connectivity index (χ1v) is 15.9. The van der Waals surface area contributed by atoms with E-state index in [4.69, 9.17) is 34.8 Å². The van der Waals surface area contributed by atoms with Crippen LogP contribution < -0.4 is 9.62 Å². The van der Waals surface area contributed by atoms with E-state index in [0.717, 1.165) is 35.6 Å². The molecule has 0 spiro atoms. The Hall–Kier alpha value is -2.78. The summed E-state index contributed by atoms with van der Waals surface area (Å²) in [7, 11) is -4.22. The van der Waals surface area contributed by atoms with Gasteiger partial charge >= 0.3 is 0 Å². The van der Waals surface area contributed by atoms with E-state index in [9.17, 15) is 18.0 Å². The van der Waals surface area contributed by atoms with E-state index in [-0.39, 0.29) is 39.1 Å². The number of halogens is 3. The van der Waals surface area contributed by atoms with Gasteiger partial charge in [-0.2, -0.15) is 0 Å². The van der Waals surface area contributed by atoms with E-state index < -0.39 is 28.5 Å². The van der Waals surface area contributed by atoms with Crippen LogP contribution in [0.4, 0.5) is 5.69 Å². The Bertz CT molecular complexity index is 1510. The van der Waals surface area contributed by atoms with E-state index in [0.29, 0.717) is 10.6 Å². The van der Waals surface area contributed by atoms with E-state index in [1.807, 2.05) is 6.92 Å². The fraction of sp³-hybridized carbons (Fsp3) is 0.333. The van der Waals surface area contributed by atoms with Crippen LogP contribution in [-0.4, -0.2) is 43.8 Å². The Kier molecular flexibility index (Phi) is 10.2. The van der Waals surface area contributed by atoms with Gasteiger partial charge in [0, 0.05) is 17.6 Å². The molecule has 4 rings (SSSR count). The topological polar surface area (TPSA) is 86.8 Å². The van der Waals surface area contributed by atoms with Crippen LogP contribution in [-0.2, 0) is 26.2 Å². The first-order valence-electron chi connectivity index (χ1n) is 13.3. The summed E-state index contributed by atoms with van der Waals surface area (Å²) in [4.78, 5) is 28.7. The minimum absolute atomic E-state index is 0.00616. The Labute approximate surface area is 256 Å². The lowest BCUT2D eigenvalue weighted by Crippen LogP contribution is -2.52. The normalized spacial score (nSPS) is 14.5. The number of hydrogen-bond acceptors (Lipinski definition) is 4. The van der Waals surface area contributed by atoms with E-state index in [1.54, 1.807) is 43.3 Å². The lowest BCUT2D eigenvalue weighted by molar-refractivity contribution is -0.139. The zero-order valence-corrected chi connectivity index (χ0v) is 25.9. The number of hydrogen-bond donors (Lipinski definition) is 1. The molecule has 1 atom stereocenters. The lowest BCUT2D eigenvalue weighted by Gasteiger charge is -2.32. The first kappa shape index (κ1) is 31.2. The summed E-state index contributed by atoms with van der Waals surface area (Å²) < 4.78 is 28.8. The van der Waals surface area contributed by atoms with Crippen LogP contribution in [0.2, 0.25) is 15.1 Å². The molecule has 218 valence electrons. The molecule has 1 unspecified atom stereocenters. The molecular weight excluding hydrogens is 605 g/mol. The second-order valence-corrected chi connectivity index (χ2v) is 13.3. The third kappa shape index (κ3) is 7.55. The highest BCUT2D eigenvalue weighted by molar-refractivity contribution is 7.92. The Morgan fingerprint density at radius 2 is 1.59 bits per heavy atom. The maximum atomic E-state index is 14.0.